The molecule has 0 aliphatic carbocycles. The number of amides is 1. The van der Waals surface area contributed by atoms with Gasteiger partial charge < -0.3 is 14.4 Å². The number of nitrogens with zero attached hydrogens (tertiary/aromatic N) is 2. The Morgan fingerprint density at radius 2 is 2.14 bits per heavy atom. The lowest BCUT2D eigenvalue weighted by atomic mass is 10.0. The van der Waals surface area contributed by atoms with Crippen LogP contribution in [0.3, 0.4) is 0 Å². The van der Waals surface area contributed by atoms with E-state index in [-0.39, 0.29) is 18.2 Å². The van der Waals surface area contributed by atoms with Crippen molar-refractivity contribution >= 4 is 11.8 Å². The molecule has 5 nitrogen and oxygen atoms in total. The summed E-state index contributed by atoms with van der Waals surface area (Å²) in [6, 6.07) is 10.3. The fourth-order valence-electron chi connectivity index (χ4n) is 2.60. The van der Waals surface area contributed by atoms with E-state index in [1.165, 1.54) is 5.56 Å². The van der Waals surface area contributed by atoms with E-state index in [1.807, 2.05) is 25.1 Å². The molecule has 1 aromatic carbocycles. The number of carbonyl (C=O) groups excluding carboxylic acids is 1. The van der Waals surface area contributed by atoms with E-state index < -0.39 is 0 Å². The molecule has 120 valence electrons. The summed E-state index contributed by atoms with van der Waals surface area (Å²) in [5, 5.41) is 0. The number of likely N-dealkylation sites (tertiary alicyclic amines) is 1. The van der Waals surface area contributed by atoms with Crippen LogP contribution in [0.25, 0.3) is 0 Å². The first-order chi connectivity index (χ1) is 10.7. The maximum atomic E-state index is 11.8. The molecule has 2 rings (SSSR count). The molecule has 1 aromatic rings. The molecule has 1 fully saturated rings. The third-order valence-electron chi connectivity index (χ3n) is 3.85. The number of rotatable bonds is 4. The number of hydrogen-bond acceptors (Lipinski definition) is 4. The molecule has 0 saturated carbocycles. The van der Waals surface area contributed by atoms with Crippen LogP contribution in [0.15, 0.2) is 35.3 Å². The first-order valence-electron chi connectivity index (χ1n) is 7.71. The van der Waals surface area contributed by atoms with E-state index in [4.69, 9.17) is 14.5 Å². The number of carbonyl (C=O) groups is 1. The molecular weight excluding hydrogens is 280 g/mol. The molecule has 0 N–H and O–H groups in total. The molecular formula is C17H24N2O3. The molecule has 0 spiro atoms. The van der Waals surface area contributed by atoms with Gasteiger partial charge in [0.2, 0.25) is 0 Å². The van der Waals surface area contributed by atoms with E-state index in [9.17, 15) is 4.79 Å². The molecule has 1 heterocycles. The van der Waals surface area contributed by atoms with Gasteiger partial charge in [-0.1, -0.05) is 30.3 Å². The molecule has 1 unspecified atom stereocenters. The van der Waals surface area contributed by atoms with Crippen molar-refractivity contribution in [1.29, 1.82) is 0 Å². The molecule has 0 radical (unpaired) electrons. The van der Waals surface area contributed by atoms with Gasteiger partial charge >= 0.3 is 6.09 Å². The summed E-state index contributed by atoms with van der Waals surface area (Å²) in [7, 11) is 1.65. The second kappa shape index (κ2) is 7.94. The van der Waals surface area contributed by atoms with Crippen LogP contribution < -0.4 is 0 Å². The van der Waals surface area contributed by atoms with Gasteiger partial charge in [-0.2, -0.15) is 0 Å². The van der Waals surface area contributed by atoms with Crippen molar-refractivity contribution in [3.8, 4) is 0 Å². The molecule has 22 heavy (non-hydrogen) atoms. The van der Waals surface area contributed by atoms with Crippen LogP contribution in [0.2, 0.25) is 0 Å². The number of piperidine rings is 1. The van der Waals surface area contributed by atoms with Crippen molar-refractivity contribution in [2.75, 3.05) is 26.8 Å². The zero-order valence-electron chi connectivity index (χ0n) is 13.5. The van der Waals surface area contributed by atoms with E-state index in [0.717, 1.165) is 5.71 Å². The Morgan fingerprint density at radius 1 is 1.41 bits per heavy atom. The molecule has 5 heteroatoms. The molecule has 1 aliphatic rings. The topological polar surface area (TPSA) is 51.1 Å². The zero-order valence-corrected chi connectivity index (χ0v) is 13.5. The van der Waals surface area contributed by atoms with Gasteiger partial charge in [-0.25, -0.2) is 4.79 Å². The average Bonchev–Trinajstić information content (AvgIpc) is 2.56. The fraction of sp³-hybridized carbons (Fsp3) is 0.529. The van der Waals surface area contributed by atoms with Gasteiger partial charge in [-0.15, -0.1) is 0 Å². The summed E-state index contributed by atoms with van der Waals surface area (Å²) in [5.74, 6) is 0. The van der Waals surface area contributed by atoms with E-state index in [2.05, 4.69) is 19.1 Å². The summed E-state index contributed by atoms with van der Waals surface area (Å²) in [6.07, 6.45) is 0.276. The summed E-state index contributed by atoms with van der Waals surface area (Å²) in [6.45, 7) is 5.39. The van der Waals surface area contributed by atoms with E-state index >= 15 is 0 Å². The standard InChI is InChI=1S/C17H24N2O3/c1-4-22-17(20)19-11-10-15(16(12-19)21-3)18-13(2)14-8-6-5-7-9-14/h5-9,13,16H,4,10-12H2,1-3H3/t13?,16-/m0/s1. The van der Waals surface area contributed by atoms with Crippen LogP contribution in [-0.2, 0) is 9.47 Å². The number of methoxy groups -OCH3 is 1. The largest absolute Gasteiger partial charge is 0.450 e. The third kappa shape index (κ3) is 4.07. The molecule has 0 aromatic heterocycles. The van der Waals surface area contributed by atoms with Gasteiger partial charge in [0.05, 0.1) is 19.2 Å². The lowest BCUT2D eigenvalue weighted by Gasteiger charge is -2.32. The average molecular weight is 304 g/mol. The quantitative estimate of drug-likeness (QED) is 0.859. The van der Waals surface area contributed by atoms with Crippen molar-refractivity contribution in [1.82, 2.24) is 4.90 Å². The monoisotopic (exact) mass is 304 g/mol. The number of aliphatic imine (C=N–C) groups is 1. The Bertz CT molecular complexity index is 516. The minimum atomic E-state index is -0.278. The summed E-state index contributed by atoms with van der Waals surface area (Å²) >= 11 is 0. The minimum Gasteiger partial charge on any atom is -0.450 e. The highest BCUT2D eigenvalue weighted by atomic mass is 16.6. The lowest BCUT2D eigenvalue weighted by molar-refractivity contribution is 0.0688. The van der Waals surface area contributed by atoms with Crippen molar-refractivity contribution in [2.24, 2.45) is 4.99 Å². The van der Waals surface area contributed by atoms with Crippen molar-refractivity contribution in [3.63, 3.8) is 0 Å². The minimum absolute atomic E-state index is 0.0861. The fourth-order valence-corrected chi connectivity index (χ4v) is 2.60. The third-order valence-corrected chi connectivity index (χ3v) is 3.85. The Morgan fingerprint density at radius 3 is 2.77 bits per heavy atom. The van der Waals surface area contributed by atoms with Crippen LogP contribution in [-0.4, -0.2) is 49.6 Å². The van der Waals surface area contributed by atoms with Gasteiger partial charge in [0.25, 0.3) is 0 Å². The molecule has 2 atom stereocenters. The second-order valence-corrected chi connectivity index (χ2v) is 5.33. The summed E-state index contributed by atoms with van der Waals surface area (Å²) < 4.78 is 10.6. The Hall–Kier alpha value is -1.88. The molecule has 0 bridgehead atoms. The van der Waals surface area contributed by atoms with Gasteiger partial charge in [0.15, 0.2) is 0 Å². The van der Waals surface area contributed by atoms with E-state index in [1.54, 1.807) is 12.0 Å². The maximum absolute atomic E-state index is 11.8. The first-order valence-corrected chi connectivity index (χ1v) is 7.71. The Kier molecular flexibility index (Phi) is 5.95. The van der Waals surface area contributed by atoms with Gasteiger partial charge in [-0.3, -0.25) is 4.99 Å². The van der Waals surface area contributed by atoms with Crippen LogP contribution in [0.5, 0.6) is 0 Å². The Labute approximate surface area is 131 Å². The predicted octanol–water partition coefficient (Wildman–Crippen LogP) is 3.07. The SMILES string of the molecule is CCOC(=O)N1CCC(=NC(C)c2ccccc2)[C@@H](OC)C1. The maximum Gasteiger partial charge on any atom is 0.409 e. The molecule has 1 aliphatic heterocycles. The van der Waals surface area contributed by atoms with Crippen molar-refractivity contribution in [2.45, 2.75) is 32.4 Å². The summed E-state index contributed by atoms with van der Waals surface area (Å²) in [5.41, 5.74) is 2.19. The van der Waals surface area contributed by atoms with E-state index in [0.29, 0.717) is 26.1 Å². The highest BCUT2D eigenvalue weighted by molar-refractivity contribution is 5.91. The van der Waals surface area contributed by atoms with Crippen LogP contribution in [0.1, 0.15) is 31.9 Å². The summed E-state index contributed by atoms with van der Waals surface area (Å²) in [4.78, 5) is 18.3. The van der Waals surface area contributed by atoms with Gasteiger partial charge in [-0.05, 0) is 19.4 Å². The van der Waals surface area contributed by atoms with Crippen LogP contribution in [0, 0.1) is 0 Å². The van der Waals surface area contributed by atoms with Gasteiger partial charge in [0, 0.05) is 25.8 Å². The number of benzene rings is 1. The van der Waals surface area contributed by atoms with Crippen LogP contribution >= 0.6 is 0 Å². The first kappa shape index (κ1) is 16.5. The van der Waals surface area contributed by atoms with Crippen molar-refractivity contribution in [3.05, 3.63) is 35.9 Å². The zero-order chi connectivity index (χ0) is 15.9. The smallest absolute Gasteiger partial charge is 0.409 e. The number of hydrogen-bond donors (Lipinski definition) is 0. The van der Waals surface area contributed by atoms with Gasteiger partial charge in [0.1, 0.15) is 6.10 Å². The lowest BCUT2D eigenvalue weighted by Crippen LogP contribution is -2.48. The predicted molar refractivity (Wildman–Crippen MR) is 86.3 cm³/mol. The van der Waals surface area contributed by atoms with Crippen LogP contribution in [0.4, 0.5) is 4.79 Å². The van der Waals surface area contributed by atoms with Crippen molar-refractivity contribution < 1.29 is 14.3 Å². The highest BCUT2D eigenvalue weighted by Gasteiger charge is 2.29. The molecule has 1 saturated heterocycles. The highest BCUT2D eigenvalue weighted by Crippen LogP contribution is 2.20. The molecule has 1 amide bonds. The second-order valence-electron chi connectivity index (χ2n) is 5.33. The Balaban J connectivity index is 2.06. The normalized spacial score (nSPS) is 21.7. The number of ether oxygens (including phenoxy) is 2.